The molecule has 0 bridgehead atoms. The zero-order valence-corrected chi connectivity index (χ0v) is 9.83. The van der Waals surface area contributed by atoms with Crippen LogP contribution < -0.4 is 0 Å². The minimum Gasteiger partial charge on any atom is -0.389 e. The molecule has 0 radical (unpaired) electrons. The predicted molar refractivity (Wildman–Crippen MR) is 62.8 cm³/mol. The standard InChI is InChI=1S/C14H20O/c1-4-11-10-14(11,15)13(2,3)12-8-6-5-7-9-12/h5-9,11,15H,4,10H2,1-3H3. The maximum Gasteiger partial charge on any atom is 0.0771 e. The van der Waals surface area contributed by atoms with E-state index in [0.29, 0.717) is 5.92 Å². The third kappa shape index (κ3) is 1.50. The van der Waals surface area contributed by atoms with Crippen molar-refractivity contribution in [2.45, 2.75) is 44.6 Å². The minimum atomic E-state index is -0.483. The maximum atomic E-state index is 10.6. The summed E-state index contributed by atoms with van der Waals surface area (Å²) in [6.45, 7) is 6.46. The minimum absolute atomic E-state index is 0.130. The van der Waals surface area contributed by atoms with Crippen LogP contribution in [0.1, 0.15) is 39.2 Å². The van der Waals surface area contributed by atoms with E-state index in [1.807, 2.05) is 18.2 Å². The molecule has 0 amide bonds. The Kier molecular flexibility index (Phi) is 2.38. The van der Waals surface area contributed by atoms with Crippen molar-refractivity contribution in [3.8, 4) is 0 Å². The van der Waals surface area contributed by atoms with Crippen molar-refractivity contribution >= 4 is 0 Å². The van der Waals surface area contributed by atoms with E-state index in [9.17, 15) is 5.11 Å². The first-order valence-electron chi connectivity index (χ1n) is 5.80. The van der Waals surface area contributed by atoms with E-state index < -0.39 is 5.60 Å². The Morgan fingerprint density at radius 3 is 2.40 bits per heavy atom. The highest BCUT2D eigenvalue weighted by atomic mass is 16.3. The van der Waals surface area contributed by atoms with Gasteiger partial charge in [0, 0.05) is 5.41 Å². The quantitative estimate of drug-likeness (QED) is 0.802. The lowest BCUT2D eigenvalue weighted by molar-refractivity contribution is 0.0564. The zero-order chi connectivity index (χ0) is 11.1. The molecule has 1 nitrogen and oxygen atoms in total. The molecule has 1 N–H and O–H groups in total. The topological polar surface area (TPSA) is 20.2 Å². The van der Waals surface area contributed by atoms with Crippen LogP contribution in [0.2, 0.25) is 0 Å². The third-order valence-electron chi connectivity index (χ3n) is 4.14. The van der Waals surface area contributed by atoms with E-state index >= 15 is 0 Å². The van der Waals surface area contributed by atoms with E-state index in [1.165, 1.54) is 5.56 Å². The number of benzene rings is 1. The Morgan fingerprint density at radius 2 is 1.93 bits per heavy atom. The van der Waals surface area contributed by atoms with Gasteiger partial charge < -0.3 is 5.11 Å². The van der Waals surface area contributed by atoms with Gasteiger partial charge in [-0.3, -0.25) is 0 Å². The molecule has 82 valence electrons. The fraction of sp³-hybridized carbons (Fsp3) is 0.571. The van der Waals surface area contributed by atoms with Crippen molar-refractivity contribution < 1.29 is 5.11 Å². The lowest BCUT2D eigenvalue weighted by Gasteiger charge is -2.32. The number of hydrogen-bond donors (Lipinski definition) is 1. The first-order valence-corrected chi connectivity index (χ1v) is 5.80. The molecule has 0 saturated heterocycles. The van der Waals surface area contributed by atoms with E-state index in [2.05, 4.69) is 32.9 Å². The molecule has 1 saturated carbocycles. The van der Waals surface area contributed by atoms with Crippen LogP contribution >= 0.6 is 0 Å². The van der Waals surface area contributed by atoms with Gasteiger partial charge in [0.1, 0.15) is 0 Å². The lowest BCUT2D eigenvalue weighted by atomic mass is 9.76. The van der Waals surface area contributed by atoms with Crippen molar-refractivity contribution in [2.75, 3.05) is 0 Å². The summed E-state index contributed by atoms with van der Waals surface area (Å²) in [6.07, 6.45) is 2.03. The Bertz CT molecular complexity index is 342. The van der Waals surface area contributed by atoms with Crippen molar-refractivity contribution in [2.24, 2.45) is 5.92 Å². The van der Waals surface area contributed by atoms with E-state index in [0.717, 1.165) is 12.8 Å². The molecular weight excluding hydrogens is 184 g/mol. The summed E-state index contributed by atoms with van der Waals surface area (Å²) >= 11 is 0. The van der Waals surface area contributed by atoms with Crippen molar-refractivity contribution in [3.63, 3.8) is 0 Å². The Balaban J connectivity index is 2.29. The normalized spacial score (nSPS) is 30.3. The Labute approximate surface area is 92.1 Å². The molecule has 0 spiro atoms. The summed E-state index contributed by atoms with van der Waals surface area (Å²) in [5.74, 6) is 0.479. The number of hydrogen-bond acceptors (Lipinski definition) is 1. The van der Waals surface area contributed by atoms with Crippen LogP contribution in [0, 0.1) is 5.92 Å². The molecule has 1 heteroatoms. The van der Waals surface area contributed by atoms with Gasteiger partial charge in [0.2, 0.25) is 0 Å². The highest BCUT2D eigenvalue weighted by molar-refractivity contribution is 5.32. The third-order valence-corrected chi connectivity index (χ3v) is 4.14. The molecule has 1 aromatic rings. The Hall–Kier alpha value is -0.820. The zero-order valence-electron chi connectivity index (χ0n) is 9.83. The van der Waals surface area contributed by atoms with Gasteiger partial charge >= 0.3 is 0 Å². The van der Waals surface area contributed by atoms with E-state index in [4.69, 9.17) is 0 Å². The van der Waals surface area contributed by atoms with Gasteiger partial charge in [0.25, 0.3) is 0 Å². The van der Waals surface area contributed by atoms with Gasteiger partial charge in [0.05, 0.1) is 5.60 Å². The van der Waals surface area contributed by atoms with Gasteiger partial charge in [-0.2, -0.15) is 0 Å². The summed E-state index contributed by atoms with van der Waals surface area (Å²) in [4.78, 5) is 0. The molecular formula is C14H20O. The van der Waals surface area contributed by atoms with Crippen LogP contribution in [0.25, 0.3) is 0 Å². The van der Waals surface area contributed by atoms with E-state index in [-0.39, 0.29) is 5.41 Å². The Morgan fingerprint density at radius 1 is 1.33 bits per heavy atom. The fourth-order valence-electron chi connectivity index (χ4n) is 2.67. The highest BCUT2D eigenvalue weighted by Gasteiger charge is 2.61. The largest absolute Gasteiger partial charge is 0.389 e. The molecule has 1 fully saturated rings. The summed E-state index contributed by atoms with van der Waals surface area (Å²) in [7, 11) is 0. The van der Waals surface area contributed by atoms with Crippen LogP contribution in [0.4, 0.5) is 0 Å². The van der Waals surface area contributed by atoms with Crippen LogP contribution in [-0.2, 0) is 5.41 Å². The van der Waals surface area contributed by atoms with Crippen LogP contribution in [0.3, 0.4) is 0 Å². The highest BCUT2D eigenvalue weighted by Crippen LogP contribution is 2.57. The number of aliphatic hydroxyl groups is 1. The first-order chi connectivity index (χ1) is 7.02. The predicted octanol–water partition coefficient (Wildman–Crippen LogP) is 3.13. The van der Waals surface area contributed by atoms with Crippen molar-refractivity contribution in [1.82, 2.24) is 0 Å². The monoisotopic (exact) mass is 204 g/mol. The molecule has 1 aliphatic carbocycles. The molecule has 0 aliphatic heterocycles. The van der Waals surface area contributed by atoms with Gasteiger partial charge in [-0.05, 0) is 17.9 Å². The molecule has 1 aliphatic rings. The summed E-state index contributed by atoms with van der Waals surface area (Å²) in [5.41, 5.74) is 0.626. The summed E-state index contributed by atoms with van der Waals surface area (Å²) in [5, 5.41) is 10.6. The van der Waals surface area contributed by atoms with Crippen molar-refractivity contribution in [1.29, 1.82) is 0 Å². The SMILES string of the molecule is CCC1CC1(O)C(C)(C)c1ccccc1. The molecule has 2 rings (SSSR count). The average Bonchev–Trinajstić information content (AvgIpc) is 2.93. The van der Waals surface area contributed by atoms with Gasteiger partial charge in [0.15, 0.2) is 0 Å². The van der Waals surface area contributed by atoms with E-state index in [1.54, 1.807) is 0 Å². The first kappa shape index (κ1) is 10.7. The molecule has 2 atom stereocenters. The molecule has 1 aromatic carbocycles. The second kappa shape index (κ2) is 3.34. The number of rotatable bonds is 3. The van der Waals surface area contributed by atoms with Gasteiger partial charge in [-0.25, -0.2) is 0 Å². The molecule has 2 unspecified atom stereocenters. The second-order valence-electron chi connectivity index (χ2n) is 5.22. The second-order valence-corrected chi connectivity index (χ2v) is 5.22. The summed E-state index contributed by atoms with van der Waals surface area (Å²) in [6, 6.07) is 10.3. The van der Waals surface area contributed by atoms with Crippen molar-refractivity contribution in [3.05, 3.63) is 35.9 Å². The maximum absolute atomic E-state index is 10.6. The lowest BCUT2D eigenvalue weighted by Crippen LogP contribution is -2.37. The molecule has 0 heterocycles. The molecule has 15 heavy (non-hydrogen) atoms. The van der Waals surface area contributed by atoms with Crippen LogP contribution in [-0.4, -0.2) is 10.7 Å². The smallest absolute Gasteiger partial charge is 0.0771 e. The fourth-order valence-corrected chi connectivity index (χ4v) is 2.67. The summed E-state index contributed by atoms with van der Waals surface area (Å²) < 4.78 is 0. The van der Waals surface area contributed by atoms with Gasteiger partial charge in [-0.1, -0.05) is 57.5 Å². The molecule has 0 aromatic heterocycles. The average molecular weight is 204 g/mol. The van der Waals surface area contributed by atoms with Crippen LogP contribution in [0.15, 0.2) is 30.3 Å². The van der Waals surface area contributed by atoms with Gasteiger partial charge in [-0.15, -0.1) is 0 Å². The van der Waals surface area contributed by atoms with Crippen LogP contribution in [0.5, 0.6) is 0 Å².